The number of para-hydroxylation sites is 1. The fourth-order valence-electron chi connectivity index (χ4n) is 2.43. The number of furan rings is 1. The normalized spacial score (nSPS) is 11.7. The first-order valence-electron chi connectivity index (χ1n) is 6.69. The molecule has 2 rings (SSSR count). The predicted molar refractivity (Wildman–Crippen MR) is 75.8 cm³/mol. The molecule has 0 aliphatic carbocycles. The van der Waals surface area contributed by atoms with Crippen LogP contribution in [0.2, 0.25) is 0 Å². The Hall–Kier alpha value is -1.77. The second-order valence-corrected chi connectivity index (χ2v) is 5.69. The van der Waals surface area contributed by atoms with Gasteiger partial charge in [-0.1, -0.05) is 45.9 Å². The molecule has 0 atom stereocenters. The summed E-state index contributed by atoms with van der Waals surface area (Å²) in [6.45, 7) is 8.33. The average molecular weight is 260 g/mol. The van der Waals surface area contributed by atoms with Crippen LogP contribution in [-0.4, -0.2) is 11.1 Å². The van der Waals surface area contributed by atoms with Gasteiger partial charge in [-0.2, -0.15) is 0 Å². The maximum Gasteiger partial charge on any atom is 0.372 e. The van der Waals surface area contributed by atoms with E-state index >= 15 is 0 Å². The molecule has 3 heteroatoms. The second-order valence-electron chi connectivity index (χ2n) is 5.69. The number of fused-ring (bicyclic) bond motifs is 1. The molecule has 1 aromatic heterocycles. The van der Waals surface area contributed by atoms with Gasteiger partial charge in [0.05, 0.1) is 0 Å². The maximum absolute atomic E-state index is 11.4. The van der Waals surface area contributed by atoms with Crippen LogP contribution in [-0.2, 0) is 6.42 Å². The number of hydrogen-bond donors (Lipinski definition) is 1. The molecule has 1 aromatic carbocycles. The van der Waals surface area contributed by atoms with Crippen molar-refractivity contribution in [1.82, 2.24) is 0 Å². The van der Waals surface area contributed by atoms with Crippen LogP contribution >= 0.6 is 0 Å². The van der Waals surface area contributed by atoms with Crippen molar-refractivity contribution >= 4 is 16.9 Å². The molecule has 0 amide bonds. The van der Waals surface area contributed by atoms with Gasteiger partial charge in [0, 0.05) is 10.9 Å². The highest BCUT2D eigenvalue weighted by Crippen LogP contribution is 2.33. The highest BCUT2D eigenvalue weighted by molar-refractivity contribution is 5.96. The van der Waals surface area contributed by atoms with Gasteiger partial charge in [0.1, 0.15) is 5.58 Å². The van der Waals surface area contributed by atoms with E-state index < -0.39 is 5.97 Å². The average Bonchev–Trinajstić information content (AvgIpc) is 2.67. The molecule has 3 nitrogen and oxygen atoms in total. The van der Waals surface area contributed by atoms with E-state index in [1.54, 1.807) is 0 Å². The Morgan fingerprint density at radius 2 is 1.95 bits per heavy atom. The summed E-state index contributed by atoms with van der Waals surface area (Å²) in [7, 11) is 0. The van der Waals surface area contributed by atoms with E-state index in [0.717, 1.165) is 28.5 Å². The number of carboxylic acid groups (broad SMARTS) is 1. The van der Waals surface area contributed by atoms with Crippen molar-refractivity contribution in [1.29, 1.82) is 0 Å². The summed E-state index contributed by atoms with van der Waals surface area (Å²) >= 11 is 0. The zero-order valence-electron chi connectivity index (χ0n) is 11.9. The molecule has 0 aliphatic rings. The zero-order valence-corrected chi connectivity index (χ0v) is 11.9. The molecule has 102 valence electrons. The molecule has 1 N–H and O–H groups in total. The first-order chi connectivity index (χ1) is 8.91. The maximum atomic E-state index is 11.4. The lowest BCUT2D eigenvalue weighted by Gasteiger charge is -2.06. The van der Waals surface area contributed by atoms with Gasteiger partial charge in [0.15, 0.2) is 0 Å². The molecule has 1 heterocycles. The van der Waals surface area contributed by atoms with E-state index in [0.29, 0.717) is 11.8 Å². The van der Waals surface area contributed by atoms with Crippen LogP contribution in [0.1, 0.15) is 55.3 Å². The molecule has 0 unspecified atom stereocenters. The summed E-state index contributed by atoms with van der Waals surface area (Å²) in [5, 5.41) is 10.3. The second kappa shape index (κ2) is 5.08. The van der Waals surface area contributed by atoms with Gasteiger partial charge in [0.25, 0.3) is 0 Å². The van der Waals surface area contributed by atoms with Crippen molar-refractivity contribution in [2.45, 2.75) is 40.0 Å². The number of carboxylic acids is 1. The van der Waals surface area contributed by atoms with Gasteiger partial charge >= 0.3 is 5.97 Å². The summed E-state index contributed by atoms with van der Waals surface area (Å²) in [5.41, 5.74) is 2.61. The first kappa shape index (κ1) is 13.7. The van der Waals surface area contributed by atoms with Crippen LogP contribution < -0.4 is 0 Å². The number of rotatable bonds is 4. The van der Waals surface area contributed by atoms with E-state index in [9.17, 15) is 9.90 Å². The molecule has 0 radical (unpaired) electrons. The van der Waals surface area contributed by atoms with Gasteiger partial charge in [-0.25, -0.2) is 4.79 Å². The fourth-order valence-corrected chi connectivity index (χ4v) is 2.43. The molecule has 2 aromatic rings. The summed E-state index contributed by atoms with van der Waals surface area (Å²) in [4.78, 5) is 11.4. The molecule has 0 fully saturated rings. The third kappa shape index (κ3) is 2.50. The Labute approximate surface area is 113 Å². The van der Waals surface area contributed by atoms with E-state index in [-0.39, 0.29) is 5.76 Å². The molecule has 0 saturated heterocycles. The molecular formula is C16H20O3. The van der Waals surface area contributed by atoms with Gasteiger partial charge in [-0.05, 0) is 23.8 Å². The van der Waals surface area contributed by atoms with E-state index in [4.69, 9.17) is 4.42 Å². The van der Waals surface area contributed by atoms with Crippen LogP contribution in [0.3, 0.4) is 0 Å². The van der Waals surface area contributed by atoms with Crippen molar-refractivity contribution in [2.75, 3.05) is 0 Å². The van der Waals surface area contributed by atoms with Crippen molar-refractivity contribution in [3.05, 3.63) is 35.1 Å². The third-order valence-electron chi connectivity index (χ3n) is 3.28. The topological polar surface area (TPSA) is 50.4 Å². The van der Waals surface area contributed by atoms with E-state index in [2.05, 4.69) is 27.7 Å². The SMILES string of the molecule is CC(C)Cc1c(C(=O)O)oc2c(C(C)C)cccc12. The smallest absolute Gasteiger partial charge is 0.372 e. The van der Waals surface area contributed by atoms with Crippen LogP contribution in [0.25, 0.3) is 11.0 Å². The van der Waals surface area contributed by atoms with Gasteiger partial charge in [-0.15, -0.1) is 0 Å². The number of hydrogen-bond acceptors (Lipinski definition) is 2. The zero-order chi connectivity index (χ0) is 14.2. The molecule has 0 bridgehead atoms. The lowest BCUT2D eigenvalue weighted by molar-refractivity contribution is 0.0663. The number of benzene rings is 1. The van der Waals surface area contributed by atoms with Crippen molar-refractivity contribution in [3.8, 4) is 0 Å². The summed E-state index contributed by atoms with van der Waals surface area (Å²) < 4.78 is 5.65. The minimum Gasteiger partial charge on any atom is -0.475 e. The van der Waals surface area contributed by atoms with Crippen molar-refractivity contribution in [3.63, 3.8) is 0 Å². The monoisotopic (exact) mass is 260 g/mol. The van der Waals surface area contributed by atoms with Crippen molar-refractivity contribution in [2.24, 2.45) is 5.92 Å². The Kier molecular flexibility index (Phi) is 3.65. The van der Waals surface area contributed by atoms with Crippen LogP contribution in [0.4, 0.5) is 0 Å². The third-order valence-corrected chi connectivity index (χ3v) is 3.28. The number of aromatic carboxylic acids is 1. The van der Waals surface area contributed by atoms with E-state index in [1.807, 2.05) is 18.2 Å². The number of carbonyl (C=O) groups is 1. The largest absolute Gasteiger partial charge is 0.475 e. The Balaban J connectivity index is 2.73. The van der Waals surface area contributed by atoms with Crippen LogP contribution in [0.5, 0.6) is 0 Å². The Morgan fingerprint density at radius 1 is 1.26 bits per heavy atom. The van der Waals surface area contributed by atoms with Crippen molar-refractivity contribution < 1.29 is 14.3 Å². The van der Waals surface area contributed by atoms with Crippen LogP contribution in [0.15, 0.2) is 22.6 Å². The predicted octanol–water partition coefficient (Wildman–Crippen LogP) is 4.45. The minimum atomic E-state index is -0.985. The van der Waals surface area contributed by atoms with Gasteiger partial charge < -0.3 is 9.52 Å². The fraction of sp³-hybridized carbons (Fsp3) is 0.438. The molecule has 0 saturated carbocycles. The van der Waals surface area contributed by atoms with E-state index in [1.165, 1.54) is 0 Å². The standard InChI is InChI=1S/C16H20O3/c1-9(2)8-13-12-7-5-6-11(10(3)4)14(12)19-15(13)16(17)18/h5-7,9-10H,8H2,1-4H3,(H,17,18). The Bertz CT molecular complexity index is 606. The Morgan fingerprint density at radius 3 is 2.47 bits per heavy atom. The highest BCUT2D eigenvalue weighted by Gasteiger charge is 2.22. The first-order valence-corrected chi connectivity index (χ1v) is 6.69. The summed E-state index contributed by atoms with van der Waals surface area (Å²) in [5.74, 6) is -0.191. The summed E-state index contributed by atoms with van der Waals surface area (Å²) in [6, 6.07) is 5.93. The summed E-state index contributed by atoms with van der Waals surface area (Å²) in [6.07, 6.45) is 0.718. The lowest BCUT2D eigenvalue weighted by atomic mass is 9.96. The molecule has 0 spiro atoms. The van der Waals surface area contributed by atoms with Gasteiger partial charge in [-0.3, -0.25) is 0 Å². The molecule has 0 aliphatic heterocycles. The van der Waals surface area contributed by atoms with Crippen LogP contribution in [0, 0.1) is 5.92 Å². The molecule has 19 heavy (non-hydrogen) atoms. The lowest BCUT2D eigenvalue weighted by Crippen LogP contribution is -2.02. The quantitative estimate of drug-likeness (QED) is 0.883. The van der Waals surface area contributed by atoms with Gasteiger partial charge in [0.2, 0.25) is 5.76 Å². The minimum absolute atomic E-state index is 0.0943. The highest BCUT2D eigenvalue weighted by atomic mass is 16.4. The molecular weight excluding hydrogens is 240 g/mol.